The van der Waals surface area contributed by atoms with E-state index in [1.165, 1.54) is 58.2 Å². The van der Waals surface area contributed by atoms with E-state index in [1.807, 2.05) is 0 Å². The van der Waals surface area contributed by atoms with Crippen molar-refractivity contribution >= 4 is 12.4 Å². The van der Waals surface area contributed by atoms with Crippen molar-refractivity contribution in [3.05, 3.63) is 0 Å². The lowest BCUT2D eigenvalue weighted by Crippen LogP contribution is -2.53. The molecule has 130 valence electrons. The fourth-order valence-corrected chi connectivity index (χ4v) is 4.58. The van der Waals surface area contributed by atoms with Gasteiger partial charge in [0.05, 0.1) is 13.2 Å². The van der Waals surface area contributed by atoms with Crippen LogP contribution >= 0.6 is 12.4 Å². The van der Waals surface area contributed by atoms with Crippen LogP contribution in [0.2, 0.25) is 0 Å². The van der Waals surface area contributed by atoms with Crippen molar-refractivity contribution in [1.29, 1.82) is 0 Å². The standard InChI is InChI=1S/C17H33N3O.ClH/c1-2-20-10-4-3-6-14(20)12-19-16-8-5-7-15(16)17-13-21-11-9-18-17;/h14-19H,2-13H2,1H3;1H. The Morgan fingerprint density at radius 1 is 1.18 bits per heavy atom. The SMILES string of the molecule is CCN1CCCCC1CNC1CCCC1C1COCCN1.Cl. The van der Waals surface area contributed by atoms with E-state index in [-0.39, 0.29) is 12.4 Å². The third kappa shape index (κ3) is 4.57. The highest BCUT2D eigenvalue weighted by molar-refractivity contribution is 5.85. The number of halogens is 1. The molecule has 0 aromatic rings. The third-order valence-corrected chi connectivity index (χ3v) is 5.81. The normalized spacial score (nSPS) is 37.0. The largest absolute Gasteiger partial charge is 0.379 e. The molecule has 1 saturated carbocycles. The summed E-state index contributed by atoms with van der Waals surface area (Å²) in [6.45, 7) is 8.82. The zero-order valence-electron chi connectivity index (χ0n) is 14.1. The number of piperidine rings is 1. The maximum Gasteiger partial charge on any atom is 0.0623 e. The van der Waals surface area contributed by atoms with E-state index in [0.29, 0.717) is 12.1 Å². The van der Waals surface area contributed by atoms with E-state index in [0.717, 1.165) is 31.7 Å². The number of hydrogen-bond acceptors (Lipinski definition) is 4. The Hall–Kier alpha value is 0.130. The van der Waals surface area contributed by atoms with Crippen LogP contribution in [0, 0.1) is 5.92 Å². The molecule has 5 heteroatoms. The maximum atomic E-state index is 5.67. The van der Waals surface area contributed by atoms with Crippen LogP contribution in [0.4, 0.5) is 0 Å². The van der Waals surface area contributed by atoms with E-state index < -0.39 is 0 Å². The number of likely N-dealkylation sites (N-methyl/N-ethyl adjacent to an activating group) is 1. The van der Waals surface area contributed by atoms with Gasteiger partial charge in [0, 0.05) is 31.2 Å². The lowest BCUT2D eigenvalue weighted by molar-refractivity contribution is 0.0514. The van der Waals surface area contributed by atoms with Crippen LogP contribution in [-0.4, -0.2) is 62.4 Å². The van der Waals surface area contributed by atoms with Gasteiger partial charge in [0.15, 0.2) is 0 Å². The van der Waals surface area contributed by atoms with Gasteiger partial charge in [-0.2, -0.15) is 0 Å². The summed E-state index contributed by atoms with van der Waals surface area (Å²) in [7, 11) is 0. The quantitative estimate of drug-likeness (QED) is 0.808. The van der Waals surface area contributed by atoms with Crippen molar-refractivity contribution in [2.24, 2.45) is 5.92 Å². The Morgan fingerprint density at radius 2 is 2.09 bits per heavy atom. The van der Waals surface area contributed by atoms with Crippen LogP contribution in [0.5, 0.6) is 0 Å². The highest BCUT2D eigenvalue weighted by Gasteiger charge is 2.35. The van der Waals surface area contributed by atoms with Gasteiger partial charge >= 0.3 is 0 Å². The molecular weight excluding hydrogens is 298 g/mol. The van der Waals surface area contributed by atoms with Crippen LogP contribution in [0.1, 0.15) is 45.4 Å². The van der Waals surface area contributed by atoms with Crippen molar-refractivity contribution < 1.29 is 4.74 Å². The van der Waals surface area contributed by atoms with E-state index in [9.17, 15) is 0 Å². The first-order valence-electron chi connectivity index (χ1n) is 9.17. The van der Waals surface area contributed by atoms with Gasteiger partial charge in [-0.25, -0.2) is 0 Å². The van der Waals surface area contributed by atoms with Gasteiger partial charge in [-0.1, -0.05) is 19.8 Å². The van der Waals surface area contributed by atoms with Gasteiger partial charge in [-0.05, 0) is 44.7 Å². The molecule has 3 fully saturated rings. The molecule has 0 bridgehead atoms. The monoisotopic (exact) mass is 331 g/mol. The molecule has 22 heavy (non-hydrogen) atoms. The number of hydrogen-bond donors (Lipinski definition) is 2. The van der Waals surface area contributed by atoms with Crippen molar-refractivity contribution in [3.8, 4) is 0 Å². The molecule has 4 atom stereocenters. The Morgan fingerprint density at radius 3 is 2.86 bits per heavy atom. The first-order chi connectivity index (χ1) is 10.4. The first-order valence-corrected chi connectivity index (χ1v) is 9.17. The van der Waals surface area contributed by atoms with Gasteiger partial charge in [0.25, 0.3) is 0 Å². The number of nitrogens with one attached hydrogen (secondary N) is 2. The minimum absolute atomic E-state index is 0. The molecule has 4 unspecified atom stereocenters. The molecule has 0 aromatic heterocycles. The van der Waals surface area contributed by atoms with Crippen LogP contribution < -0.4 is 10.6 Å². The molecule has 0 amide bonds. The fraction of sp³-hybridized carbons (Fsp3) is 1.00. The minimum Gasteiger partial charge on any atom is -0.379 e. The number of likely N-dealkylation sites (tertiary alicyclic amines) is 1. The summed E-state index contributed by atoms with van der Waals surface area (Å²) in [6.07, 6.45) is 8.27. The van der Waals surface area contributed by atoms with Crippen LogP contribution in [-0.2, 0) is 4.74 Å². The topological polar surface area (TPSA) is 36.5 Å². The van der Waals surface area contributed by atoms with Gasteiger partial charge in [-0.15, -0.1) is 12.4 Å². The molecule has 1 aliphatic carbocycles. The number of morpholine rings is 1. The summed E-state index contributed by atoms with van der Waals surface area (Å²) in [4.78, 5) is 2.67. The summed E-state index contributed by atoms with van der Waals surface area (Å²) < 4.78 is 5.67. The second kappa shape index (κ2) is 9.43. The summed E-state index contributed by atoms with van der Waals surface area (Å²) in [5.41, 5.74) is 0. The molecule has 3 rings (SSSR count). The van der Waals surface area contributed by atoms with Gasteiger partial charge < -0.3 is 15.4 Å². The van der Waals surface area contributed by atoms with Crippen molar-refractivity contribution in [2.75, 3.05) is 39.4 Å². The Bertz CT molecular complexity index is 312. The fourth-order valence-electron chi connectivity index (χ4n) is 4.58. The molecule has 3 aliphatic rings. The summed E-state index contributed by atoms with van der Waals surface area (Å²) >= 11 is 0. The van der Waals surface area contributed by atoms with E-state index in [1.54, 1.807) is 0 Å². The van der Waals surface area contributed by atoms with E-state index in [4.69, 9.17) is 4.74 Å². The minimum atomic E-state index is 0. The average molecular weight is 332 g/mol. The molecular formula is C17H34ClN3O. The molecule has 4 nitrogen and oxygen atoms in total. The molecule has 2 heterocycles. The molecule has 0 aromatic carbocycles. The number of ether oxygens (including phenoxy) is 1. The predicted molar refractivity (Wildman–Crippen MR) is 93.9 cm³/mol. The highest BCUT2D eigenvalue weighted by atomic mass is 35.5. The van der Waals surface area contributed by atoms with E-state index >= 15 is 0 Å². The summed E-state index contributed by atoms with van der Waals surface area (Å²) in [6, 6.07) is 2.04. The first kappa shape index (κ1) is 18.5. The lowest BCUT2D eigenvalue weighted by atomic mass is 9.93. The average Bonchev–Trinajstić information content (AvgIpc) is 3.02. The molecule has 2 aliphatic heterocycles. The second-order valence-corrected chi connectivity index (χ2v) is 7.02. The van der Waals surface area contributed by atoms with Crippen molar-refractivity contribution in [2.45, 2.75) is 63.6 Å². The smallest absolute Gasteiger partial charge is 0.0623 e. The van der Waals surface area contributed by atoms with Gasteiger partial charge in [0.1, 0.15) is 0 Å². The predicted octanol–water partition coefficient (Wildman–Crippen LogP) is 2.03. The Labute approximate surface area is 142 Å². The zero-order chi connectivity index (χ0) is 14.5. The molecule has 0 radical (unpaired) electrons. The van der Waals surface area contributed by atoms with Crippen molar-refractivity contribution in [1.82, 2.24) is 15.5 Å². The highest BCUT2D eigenvalue weighted by Crippen LogP contribution is 2.29. The van der Waals surface area contributed by atoms with Gasteiger partial charge in [-0.3, -0.25) is 4.90 Å². The molecule has 0 spiro atoms. The third-order valence-electron chi connectivity index (χ3n) is 5.81. The van der Waals surface area contributed by atoms with Crippen LogP contribution in [0.25, 0.3) is 0 Å². The molecule has 2 saturated heterocycles. The second-order valence-electron chi connectivity index (χ2n) is 7.02. The molecule has 2 N–H and O–H groups in total. The number of nitrogens with zero attached hydrogens (tertiary/aromatic N) is 1. The number of rotatable bonds is 5. The summed E-state index contributed by atoms with van der Waals surface area (Å²) in [5.74, 6) is 0.768. The van der Waals surface area contributed by atoms with Crippen molar-refractivity contribution in [3.63, 3.8) is 0 Å². The Kier molecular flexibility index (Phi) is 7.92. The summed E-state index contributed by atoms with van der Waals surface area (Å²) in [5, 5.41) is 7.60. The van der Waals surface area contributed by atoms with Gasteiger partial charge in [0.2, 0.25) is 0 Å². The Balaban J connectivity index is 0.00000176. The van der Waals surface area contributed by atoms with E-state index in [2.05, 4.69) is 22.5 Å². The lowest BCUT2D eigenvalue weighted by Gasteiger charge is -2.37. The van der Waals surface area contributed by atoms with Crippen LogP contribution in [0.3, 0.4) is 0 Å². The maximum absolute atomic E-state index is 5.67. The van der Waals surface area contributed by atoms with Crippen LogP contribution in [0.15, 0.2) is 0 Å². The zero-order valence-corrected chi connectivity index (χ0v) is 14.9.